The molecule has 0 radical (unpaired) electrons. The monoisotopic (exact) mass is 300 g/mol. The van der Waals surface area contributed by atoms with Crippen molar-refractivity contribution in [2.45, 2.75) is 38.5 Å². The van der Waals surface area contributed by atoms with E-state index in [1.54, 1.807) is 18.2 Å². The molecule has 4 saturated carbocycles. The topological polar surface area (TPSA) is 72.2 Å². The van der Waals surface area contributed by atoms with Crippen LogP contribution >= 0.6 is 0 Å². The molecule has 4 bridgehead atoms. The van der Waals surface area contributed by atoms with Crippen LogP contribution < -0.4 is 5.32 Å². The predicted octanol–water partition coefficient (Wildman–Crippen LogP) is 3.75. The smallest absolute Gasteiger partial charge is 0.292 e. The maximum absolute atomic E-state index is 12.9. The molecule has 116 valence electrons. The zero-order valence-corrected chi connectivity index (χ0v) is 12.5. The third-order valence-corrected chi connectivity index (χ3v) is 5.87. The number of nitrogens with one attached hydrogen (secondary N) is 1. The largest absolute Gasteiger partial charge is 0.320 e. The van der Waals surface area contributed by atoms with E-state index in [0.29, 0.717) is 23.4 Å². The van der Waals surface area contributed by atoms with E-state index in [9.17, 15) is 14.9 Å². The Labute approximate surface area is 129 Å². The molecule has 0 atom stereocenters. The highest BCUT2D eigenvalue weighted by Gasteiger charge is 2.54. The molecule has 0 saturated heterocycles. The number of nitrogens with zero attached hydrogens (tertiary/aromatic N) is 1. The quantitative estimate of drug-likeness (QED) is 0.682. The first-order chi connectivity index (χ1) is 10.6. The van der Waals surface area contributed by atoms with Crippen molar-refractivity contribution in [3.05, 3.63) is 34.4 Å². The fourth-order valence-electron chi connectivity index (χ4n) is 5.38. The lowest BCUT2D eigenvalue weighted by Crippen LogP contribution is -2.51. The van der Waals surface area contributed by atoms with Gasteiger partial charge >= 0.3 is 0 Å². The maximum Gasteiger partial charge on any atom is 0.292 e. The van der Waals surface area contributed by atoms with E-state index in [-0.39, 0.29) is 17.0 Å². The standard InChI is InChI=1S/C17H20N2O3/c20-16(18-14-3-1-2-4-15(14)19(21)22)17-8-11-5-12(9-17)7-13(6-11)10-17/h1-4,11-13H,5-10H2,(H,18,20). The number of anilines is 1. The van der Waals surface area contributed by atoms with Crippen molar-refractivity contribution >= 4 is 17.3 Å². The van der Waals surface area contributed by atoms with E-state index in [1.165, 1.54) is 25.3 Å². The summed E-state index contributed by atoms with van der Waals surface area (Å²) in [6.45, 7) is 0. The summed E-state index contributed by atoms with van der Waals surface area (Å²) in [7, 11) is 0. The van der Waals surface area contributed by atoms with Crippen molar-refractivity contribution in [1.29, 1.82) is 0 Å². The molecular formula is C17H20N2O3. The van der Waals surface area contributed by atoms with Gasteiger partial charge < -0.3 is 5.32 Å². The van der Waals surface area contributed by atoms with Crippen molar-refractivity contribution in [2.75, 3.05) is 5.32 Å². The van der Waals surface area contributed by atoms with E-state index in [0.717, 1.165) is 19.3 Å². The molecule has 22 heavy (non-hydrogen) atoms. The molecule has 4 fully saturated rings. The summed E-state index contributed by atoms with van der Waals surface area (Å²) in [6, 6.07) is 6.41. The minimum absolute atomic E-state index is 0.000833. The van der Waals surface area contributed by atoms with Crippen LogP contribution in [0.4, 0.5) is 11.4 Å². The molecule has 1 aromatic carbocycles. The Morgan fingerprint density at radius 1 is 1.09 bits per heavy atom. The van der Waals surface area contributed by atoms with Crippen molar-refractivity contribution in [3.63, 3.8) is 0 Å². The molecule has 0 aromatic heterocycles. The van der Waals surface area contributed by atoms with Gasteiger partial charge in [0, 0.05) is 6.07 Å². The zero-order chi connectivity index (χ0) is 15.3. The van der Waals surface area contributed by atoms with E-state index in [2.05, 4.69) is 5.32 Å². The Bertz CT molecular complexity index is 605. The van der Waals surface area contributed by atoms with Gasteiger partial charge in [0.15, 0.2) is 0 Å². The number of hydrogen-bond acceptors (Lipinski definition) is 3. The summed E-state index contributed by atoms with van der Waals surface area (Å²) in [5, 5.41) is 14.0. The summed E-state index contributed by atoms with van der Waals surface area (Å²) in [5.41, 5.74) is 0.0205. The molecule has 0 spiro atoms. The van der Waals surface area contributed by atoms with Gasteiger partial charge in [0.25, 0.3) is 5.69 Å². The maximum atomic E-state index is 12.9. The summed E-state index contributed by atoms with van der Waals surface area (Å²) in [6.07, 6.45) is 6.72. The predicted molar refractivity (Wildman–Crippen MR) is 82.3 cm³/mol. The Morgan fingerprint density at radius 3 is 2.18 bits per heavy atom. The van der Waals surface area contributed by atoms with Crippen molar-refractivity contribution in [2.24, 2.45) is 23.2 Å². The Kier molecular flexibility index (Phi) is 2.99. The average Bonchev–Trinajstić information content (AvgIpc) is 2.46. The van der Waals surface area contributed by atoms with Crippen LogP contribution in [0.1, 0.15) is 38.5 Å². The molecule has 5 nitrogen and oxygen atoms in total. The minimum atomic E-state index is -0.435. The number of para-hydroxylation sites is 2. The van der Waals surface area contributed by atoms with Crippen LogP contribution in [-0.2, 0) is 4.79 Å². The summed E-state index contributed by atoms with van der Waals surface area (Å²) in [5.74, 6) is 2.05. The van der Waals surface area contributed by atoms with E-state index in [1.807, 2.05) is 0 Å². The first kappa shape index (κ1) is 13.7. The normalized spacial score (nSPS) is 35.4. The highest BCUT2D eigenvalue weighted by atomic mass is 16.6. The third-order valence-electron chi connectivity index (χ3n) is 5.87. The van der Waals surface area contributed by atoms with Gasteiger partial charge in [-0.25, -0.2) is 0 Å². The Balaban J connectivity index is 1.59. The second-order valence-electron chi connectivity index (χ2n) is 7.43. The SMILES string of the molecule is O=C(Nc1ccccc1[N+](=O)[O-])C12CC3CC(CC(C3)C1)C2. The molecule has 5 heteroatoms. The molecule has 4 aliphatic carbocycles. The number of hydrogen-bond donors (Lipinski definition) is 1. The number of nitro groups is 1. The van der Waals surface area contributed by atoms with Crippen LogP contribution in [0.2, 0.25) is 0 Å². The van der Waals surface area contributed by atoms with Gasteiger partial charge in [-0.2, -0.15) is 0 Å². The highest BCUT2D eigenvalue weighted by molar-refractivity contribution is 5.97. The lowest BCUT2D eigenvalue weighted by molar-refractivity contribution is -0.383. The molecule has 5 rings (SSSR count). The summed E-state index contributed by atoms with van der Waals surface area (Å²) < 4.78 is 0. The number of rotatable bonds is 3. The van der Waals surface area contributed by atoms with Crippen LogP contribution in [0.5, 0.6) is 0 Å². The Hall–Kier alpha value is -1.91. The molecule has 0 unspecified atom stereocenters. The summed E-state index contributed by atoms with van der Waals surface area (Å²) in [4.78, 5) is 23.6. The van der Waals surface area contributed by atoms with Crippen molar-refractivity contribution < 1.29 is 9.72 Å². The van der Waals surface area contributed by atoms with Gasteiger partial charge in [0.1, 0.15) is 5.69 Å². The molecule has 4 aliphatic rings. The van der Waals surface area contributed by atoms with E-state index >= 15 is 0 Å². The molecule has 1 aromatic rings. The lowest BCUT2D eigenvalue weighted by Gasteiger charge is -2.55. The first-order valence-corrected chi connectivity index (χ1v) is 8.11. The zero-order valence-electron chi connectivity index (χ0n) is 12.5. The van der Waals surface area contributed by atoms with Gasteiger partial charge in [-0.1, -0.05) is 12.1 Å². The van der Waals surface area contributed by atoms with Crippen LogP contribution in [-0.4, -0.2) is 10.8 Å². The molecule has 0 aliphatic heterocycles. The third kappa shape index (κ3) is 2.11. The minimum Gasteiger partial charge on any atom is -0.320 e. The molecule has 1 amide bonds. The van der Waals surface area contributed by atoms with Gasteiger partial charge in [-0.3, -0.25) is 14.9 Å². The second-order valence-corrected chi connectivity index (χ2v) is 7.43. The van der Waals surface area contributed by atoms with Gasteiger partial charge in [-0.15, -0.1) is 0 Å². The molecule has 1 N–H and O–H groups in total. The van der Waals surface area contributed by atoms with Crippen molar-refractivity contribution in [1.82, 2.24) is 0 Å². The number of carbonyl (C=O) groups excluding carboxylic acids is 1. The van der Waals surface area contributed by atoms with Crippen LogP contribution in [0.25, 0.3) is 0 Å². The Morgan fingerprint density at radius 2 is 1.64 bits per heavy atom. The van der Waals surface area contributed by atoms with E-state index in [4.69, 9.17) is 0 Å². The number of nitro benzene ring substituents is 1. The van der Waals surface area contributed by atoms with Crippen LogP contribution in [0, 0.1) is 33.3 Å². The fraction of sp³-hybridized carbons (Fsp3) is 0.588. The number of benzene rings is 1. The van der Waals surface area contributed by atoms with Crippen LogP contribution in [0.3, 0.4) is 0 Å². The van der Waals surface area contributed by atoms with E-state index < -0.39 is 4.92 Å². The molecular weight excluding hydrogens is 280 g/mol. The van der Waals surface area contributed by atoms with Gasteiger partial charge in [0.2, 0.25) is 5.91 Å². The van der Waals surface area contributed by atoms with Crippen LogP contribution in [0.15, 0.2) is 24.3 Å². The first-order valence-electron chi connectivity index (χ1n) is 8.11. The highest BCUT2D eigenvalue weighted by Crippen LogP contribution is 2.60. The summed E-state index contributed by atoms with van der Waals surface area (Å²) >= 11 is 0. The molecule has 0 heterocycles. The number of amides is 1. The van der Waals surface area contributed by atoms with Crippen molar-refractivity contribution in [3.8, 4) is 0 Å². The lowest BCUT2D eigenvalue weighted by atomic mass is 9.49. The second kappa shape index (κ2) is 4.80. The van der Waals surface area contributed by atoms with Gasteiger partial charge in [0.05, 0.1) is 10.3 Å². The average molecular weight is 300 g/mol. The fourth-order valence-corrected chi connectivity index (χ4v) is 5.38. The van der Waals surface area contributed by atoms with Gasteiger partial charge in [-0.05, 0) is 62.3 Å². The number of carbonyl (C=O) groups is 1.